The summed E-state index contributed by atoms with van der Waals surface area (Å²) in [4.78, 5) is 22.0. The monoisotopic (exact) mass is 465 g/mol. The van der Waals surface area contributed by atoms with E-state index in [0.29, 0.717) is 0 Å². The fourth-order valence-electron chi connectivity index (χ4n) is 2.74. The number of hydrogen-bond acceptors (Lipinski definition) is 5. The Labute approximate surface area is 181 Å². The van der Waals surface area contributed by atoms with Gasteiger partial charge in [0.25, 0.3) is 21.6 Å². The van der Waals surface area contributed by atoms with Gasteiger partial charge < -0.3 is 5.73 Å². The SMILES string of the molecule is NC(=O)c1ccccc1N(c1ccc(Cl)cc1Cl)S(=O)(=O)c1ccc([N+](=O)[O-])cc1. The molecule has 0 saturated heterocycles. The number of primary amides is 1. The lowest BCUT2D eigenvalue weighted by Crippen LogP contribution is -2.29. The van der Waals surface area contributed by atoms with Gasteiger partial charge in [-0.05, 0) is 42.5 Å². The number of benzene rings is 3. The lowest BCUT2D eigenvalue weighted by atomic mass is 10.1. The quantitative estimate of drug-likeness (QED) is 0.422. The van der Waals surface area contributed by atoms with Crippen molar-refractivity contribution >= 4 is 56.2 Å². The number of non-ortho nitro benzene ring substituents is 1. The highest BCUT2D eigenvalue weighted by Crippen LogP contribution is 2.39. The third-order valence-corrected chi connectivity index (χ3v) is 6.38. The van der Waals surface area contributed by atoms with Gasteiger partial charge in [-0.1, -0.05) is 35.3 Å². The topological polar surface area (TPSA) is 124 Å². The highest BCUT2D eigenvalue weighted by molar-refractivity contribution is 7.93. The van der Waals surface area contributed by atoms with Crippen molar-refractivity contribution in [2.45, 2.75) is 4.90 Å². The number of halogens is 2. The van der Waals surface area contributed by atoms with E-state index in [1.807, 2.05) is 0 Å². The standard InChI is InChI=1S/C19H13Cl2N3O5S/c20-12-5-10-18(16(21)11-12)23(17-4-2-1-3-15(17)19(22)25)30(28,29)14-8-6-13(7-9-14)24(26)27/h1-11H,(H2,22,25). The van der Waals surface area contributed by atoms with Crippen LogP contribution in [0.15, 0.2) is 71.6 Å². The Morgan fingerprint density at radius 3 is 2.17 bits per heavy atom. The van der Waals surface area contributed by atoms with Gasteiger partial charge in [-0.15, -0.1) is 0 Å². The fraction of sp³-hybridized carbons (Fsp3) is 0. The van der Waals surface area contributed by atoms with Crippen LogP contribution in [0, 0.1) is 10.1 Å². The molecule has 3 aromatic rings. The average Bonchev–Trinajstić information content (AvgIpc) is 2.70. The molecule has 0 saturated carbocycles. The van der Waals surface area contributed by atoms with E-state index in [2.05, 4.69) is 0 Å². The van der Waals surface area contributed by atoms with E-state index < -0.39 is 20.9 Å². The molecular weight excluding hydrogens is 453 g/mol. The first kappa shape index (κ1) is 21.6. The van der Waals surface area contributed by atoms with Crippen molar-refractivity contribution in [2.24, 2.45) is 5.73 Å². The third kappa shape index (κ3) is 4.09. The second-order valence-corrected chi connectivity index (χ2v) is 8.63. The number of carbonyl (C=O) groups excluding carboxylic acids is 1. The molecule has 0 aromatic heterocycles. The van der Waals surface area contributed by atoms with Gasteiger partial charge in [-0.3, -0.25) is 14.9 Å². The number of nitrogens with two attached hydrogens (primary N) is 1. The molecule has 0 radical (unpaired) electrons. The van der Waals surface area contributed by atoms with Gasteiger partial charge in [0.05, 0.1) is 31.8 Å². The molecule has 0 unspecified atom stereocenters. The van der Waals surface area contributed by atoms with Crippen LogP contribution in [0.3, 0.4) is 0 Å². The Morgan fingerprint density at radius 2 is 1.60 bits per heavy atom. The summed E-state index contributed by atoms with van der Waals surface area (Å²) in [7, 11) is -4.37. The van der Waals surface area contributed by atoms with Gasteiger partial charge in [-0.25, -0.2) is 12.7 Å². The molecule has 154 valence electrons. The molecule has 0 bridgehead atoms. The summed E-state index contributed by atoms with van der Waals surface area (Å²) in [5.41, 5.74) is 5.09. The molecule has 11 heteroatoms. The van der Waals surface area contributed by atoms with Crippen LogP contribution in [0.2, 0.25) is 10.0 Å². The Kier molecular flexibility index (Phi) is 5.97. The van der Waals surface area contributed by atoms with Crippen molar-refractivity contribution in [1.82, 2.24) is 0 Å². The summed E-state index contributed by atoms with van der Waals surface area (Å²) in [6.45, 7) is 0. The predicted molar refractivity (Wildman–Crippen MR) is 114 cm³/mol. The van der Waals surface area contributed by atoms with Crippen LogP contribution >= 0.6 is 23.2 Å². The second kappa shape index (κ2) is 8.31. The molecule has 30 heavy (non-hydrogen) atoms. The van der Waals surface area contributed by atoms with Crippen molar-refractivity contribution in [1.29, 1.82) is 0 Å². The molecule has 0 aliphatic carbocycles. The summed E-state index contributed by atoms with van der Waals surface area (Å²) in [6.07, 6.45) is 0. The summed E-state index contributed by atoms with van der Waals surface area (Å²) < 4.78 is 27.9. The molecule has 0 heterocycles. The highest BCUT2D eigenvalue weighted by Gasteiger charge is 2.31. The number of nitrogens with zero attached hydrogens (tertiary/aromatic N) is 2. The zero-order chi connectivity index (χ0) is 22.1. The number of rotatable bonds is 6. The van der Waals surface area contributed by atoms with Crippen LogP contribution in [-0.2, 0) is 10.0 Å². The molecule has 0 aliphatic rings. The number of hydrogen-bond donors (Lipinski definition) is 1. The maximum absolute atomic E-state index is 13.5. The van der Waals surface area contributed by atoms with Crippen LogP contribution in [0.5, 0.6) is 0 Å². The third-order valence-electron chi connectivity index (χ3n) is 4.10. The Hall–Kier alpha value is -3.14. The van der Waals surface area contributed by atoms with Crippen LogP contribution in [0.1, 0.15) is 10.4 Å². The van der Waals surface area contributed by atoms with Gasteiger partial charge in [0, 0.05) is 17.2 Å². The molecular formula is C19H13Cl2N3O5S. The van der Waals surface area contributed by atoms with Crippen molar-refractivity contribution in [3.05, 3.63) is 92.5 Å². The number of carbonyl (C=O) groups is 1. The van der Waals surface area contributed by atoms with E-state index in [9.17, 15) is 23.3 Å². The highest BCUT2D eigenvalue weighted by atomic mass is 35.5. The first-order valence-electron chi connectivity index (χ1n) is 8.26. The van der Waals surface area contributed by atoms with E-state index in [4.69, 9.17) is 28.9 Å². The molecule has 0 atom stereocenters. The second-order valence-electron chi connectivity index (χ2n) is 6.00. The van der Waals surface area contributed by atoms with Crippen molar-refractivity contribution in [3.63, 3.8) is 0 Å². The zero-order valence-corrected chi connectivity index (χ0v) is 17.4. The first-order valence-corrected chi connectivity index (χ1v) is 10.5. The lowest BCUT2D eigenvalue weighted by molar-refractivity contribution is -0.384. The van der Waals surface area contributed by atoms with E-state index in [1.54, 1.807) is 0 Å². The van der Waals surface area contributed by atoms with Crippen molar-refractivity contribution in [2.75, 3.05) is 4.31 Å². The van der Waals surface area contributed by atoms with Crippen LogP contribution in [-0.4, -0.2) is 19.2 Å². The average molecular weight is 466 g/mol. The van der Waals surface area contributed by atoms with E-state index >= 15 is 0 Å². The molecule has 3 rings (SSSR count). The van der Waals surface area contributed by atoms with Crippen molar-refractivity contribution in [3.8, 4) is 0 Å². The normalized spacial score (nSPS) is 11.1. The number of para-hydroxylation sites is 1. The van der Waals surface area contributed by atoms with E-state index in [-0.39, 0.29) is 37.6 Å². The van der Waals surface area contributed by atoms with Crippen LogP contribution in [0.25, 0.3) is 0 Å². The minimum Gasteiger partial charge on any atom is -0.366 e. The van der Waals surface area contributed by atoms with Crippen LogP contribution < -0.4 is 10.0 Å². The lowest BCUT2D eigenvalue weighted by Gasteiger charge is -2.27. The number of nitro benzene ring substituents is 1. The largest absolute Gasteiger partial charge is 0.366 e. The number of amides is 1. The van der Waals surface area contributed by atoms with E-state index in [0.717, 1.165) is 28.6 Å². The number of anilines is 2. The Balaban J connectivity index is 2.29. The van der Waals surface area contributed by atoms with Gasteiger partial charge in [-0.2, -0.15) is 0 Å². The molecule has 0 fully saturated rings. The van der Waals surface area contributed by atoms with Gasteiger partial charge in [0.15, 0.2) is 0 Å². The Morgan fingerprint density at radius 1 is 0.967 bits per heavy atom. The van der Waals surface area contributed by atoms with Gasteiger partial charge >= 0.3 is 0 Å². The molecule has 2 N–H and O–H groups in total. The molecule has 0 spiro atoms. The van der Waals surface area contributed by atoms with E-state index in [1.165, 1.54) is 42.5 Å². The maximum atomic E-state index is 13.5. The summed E-state index contributed by atoms with van der Waals surface area (Å²) in [5, 5.41) is 11.2. The van der Waals surface area contributed by atoms with Gasteiger partial charge in [0.2, 0.25) is 0 Å². The minimum absolute atomic E-state index is 0.00672. The molecule has 0 aliphatic heterocycles. The molecule has 1 amide bonds. The first-order chi connectivity index (χ1) is 14.1. The Bertz CT molecular complexity index is 1250. The predicted octanol–water partition coefficient (Wildman–Crippen LogP) is 4.53. The molecule has 8 nitrogen and oxygen atoms in total. The summed E-state index contributed by atoms with van der Waals surface area (Å²) in [5.74, 6) is -0.848. The number of sulfonamides is 1. The van der Waals surface area contributed by atoms with Gasteiger partial charge in [0.1, 0.15) is 0 Å². The maximum Gasteiger partial charge on any atom is 0.269 e. The van der Waals surface area contributed by atoms with Crippen LogP contribution in [0.4, 0.5) is 17.1 Å². The van der Waals surface area contributed by atoms with Crippen molar-refractivity contribution < 1.29 is 18.1 Å². The number of nitro groups is 1. The summed E-state index contributed by atoms with van der Waals surface area (Å²) in [6, 6.07) is 14.3. The molecule has 3 aromatic carbocycles. The minimum atomic E-state index is -4.37. The fourth-order valence-corrected chi connectivity index (χ4v) is 4.81. The summed E-state index contributed by atoms with van der Waals surface area (Å²) >= 11 is 12.2. The zero-order valence-electron chi connectivity index (χ0n) is 15.0. The smallest absolute Gasteiger partial charge is 0.269 e.